The van der Waals surface area contributed by atoms with Crippen molar-refractivity contribution in [2.75, 3.05) is 0 Å². The van der Waals surface area contributed by atoms with Gasteiger partial charge < -0.3 is 14.4 Å². The molecule has 0 radical (unpaired) electrons. The SMILES string of the molecule is Cn1c2c(c3cc(OC(F)(F)F)ccc31)CC(C(=O)O)CC2. The van der Waals surface area contributed by atoms with Crippen LogP contribution in [-0.2, 0) is 24.7 Å². The van der Waals surface area contributed by atoms with Crippen molar-refractivity contribution in [1.82, 2.24) is 4.57 Å². The van der Waals surface area contributed by atoms with Gasteiger partial charge in [0.1, 0.15) is 5.75 Å². The summed E-state index contributed by atoms with van der Waals surface area (Å²) in [5.41, 5.74) is 2.57. The Hall–Kier alpha value is -2.18. The van der Waals surface area contributed by atoms with E-state index in [4.69, 9.17) is 5.11 Å². The molecule has 0 spiro atoms. The molecule has 7 heteroatoms. The van der Waals surface area contributed by atoms with Crippen LogP contribution in [0.3, 0.4) is 0 Å². The first kappa shape index (κ1) is 14.7. The normalized spacial score (nSPS) is 18.3. The van der Waals surface area contributed by atoms with Gasteiger partial charge in [-0.1, -0.05) is 0 Å². The van der Waals surface area contributed by atoms with Gasteiger partial charge >= 0.3 is 12.3 Å². The van der Waals surface area contributed by atoms with E-state index in [1.165, 1.54) is 12.1 Å². The molecule has 1 aliphatic rings. The van der Waals surface area contributed by atoms with Crippen LogP contribution < -0.4 is 4.74 Å². The molecule has 0 bridgehead atoms. The van der Waals surface area contributed by atoms with E-state index in [0.717, 1.165) is 16.8 Å². The number of ether oxygens (including phenoxy) is 1. The smallest absolute Gasteiger partial charge is 0.481 e. The maximum Gasteiger partial charge on any atom is 0.573 e. The first-order valence-corrected chi connectivity index (χ1v) is 6.85. The molecule has 1 N–H and O–H groups in total. The Labute approximate surface area is 124 Å². The number of fused-ring (bicyclic) bond motifs is 3. The summed E-state index contributed by atoms with van der Waals surface area (Å²) in [5, 5.41) is 9.80. The molecule has 1 unspecified atom stereocenters. The zero-order chi connectivity index (χ0) is 16.1. The van der Waals surface area contributed by atoms with Crippen molar-refractivity contribution >= 4 is 16.9 Å². The van der Waals surface area contributed by atoms with Gasteiger partial charge in [-0.3, -0.25) is 4.79 Å². The van der Waals surface area contributed by atoms with Crippen molar-refractivity contribution in [1.29, 1.82) is 0 Å². The van der Waals surface area contributed by atoms with Gasteiger partial charge in [0.05, 0.1) is 5.92 Å². The Morgan fingerprint density at radius 1 is 1.41 bits per heavy atom. The Bertz CT molecular complexity index is 749. The summed E-state index contributed by atoms with van der Waals surface area (Å²) in [5.74, 6) is -1.65. The molecule has 1 atom stereocenters. The fourth-order valence-corrected chi connectivity index (χ4v) is 3.17. The van der Waals surface area contributed by atoms with E-state index in [9.17, 15) is 18.0 Å². The number of hydrogen-bond donors (Lipinski definition) is 1. The first-order chi connectivity index (χ1) is 10.3. The van der Waals surface area contributed by atoms with Crippen LogP contribution in [0.25, 0.3) is 10.9 Å². The lowest BCUT2D eigenvalue weighted by Crippen LogP contribution is -2.22. The van der Waals surface area contributed by atoms with Crippen molar-refractivity contribution in [3.63, 3.8) is 0 Å². The van der Waals surface area contributed by atoms with E-state index < -0.39 is 18.2 Å². The number of halogens is 3. The Morgan fingerprint density at radius 2 is 2.14 bits per heavy atom. The lowest BCUT2D eigenvalue weighted by atomic mass is 9.86. The van der Waals surface area contributed by atoms with Crippen LogP contribution in [-0.4, -0.2) is 22.0 Å². The van der Waals surface area contributed by atoms with Crippen LogP contribution in [0.1, 0.15) is 17.7 Å². The van der Waals surface area contributed by atoms with E-state index in [1.807, 2.05) is 11.6 Å². The topological polar surface area (TPSA) is 51.5 Å². The average Bonchev–Trinajstić information content (AvgIpc) is 2.70. The lowest BCUT2D eigenvalue weighted by Gasteiger charge is -2.19. The molecule has 2 aromatic rings. The number of benzene rings is 1. The Morgan fingerprint density at radius 3 is 2.77 bits per heavy atom. The maximum atomic E-state index is 12.3. The predicted octanol–water partition coefficient (Wildman–Crippen LogP) is 3.27. The minimum Gasteiger partial charge on any atom is -0.481 e. The fourth-order valence-electron chi connectivity index (χ4n) is 3.17. The van der Waals surface area contributed by atoms with Gasteiger partial charge in [-0.15, -0.1) is 13.2 Å². The van der Waals surface area contributed by atoms with Gasteiger partial charge in [0.2, 0.25) is 0 Å². The second kappa shape index (κ2) is 4.93. The molecule has 3 rings (SSSR count). The largest absolute Gasteiger partial charge is 0.573 e. The minimum atomic E-state index is -4.74. The quantitative estimate of drug-likeness (QED) is 0.926. The minimum absolute atomic E-state index is 0.286. The molecule has 0 saturated carbocycles. The number of carbonyl (C=O) groups is 1. The Kier molecular flexibility index (Phi) is 3.30. The average molecular weight is 313 g/mol. The molecule has 0 aliphatic heterocycles. The summed E-state index contributed by atoms with van der Waals surface area (Å²) in [7, 11) is 1.84. The van der Waals surface area contributed by atoms with Crippen molar-refractivity contribution in [3.8, 4) is 5.75 Å². The van der Waals surface area contributed by atoms with Crippen molar-refractivity contribution in [2.24, 2.45) is 13.0 Å². The fraction of sp³-hybridized carbons (Fsp3) is 0.400. The van der Waals surface area contributed by atoms with Crippen molar-refractivity contribution in [2.45, 2.75) is 25.6 Å². The van der Waals surface area contributed by atoms with Gasteiger partial charge in [0.15, 0.2) is 0 Å². The second-order valence-electron chi connectivity index (χ2n) is 5.49. The second-order valence-corrected chi connectivity index (χ2v) is 5.49. The number of aliphatic carboxylic acids is 1. The molecule has 0 amide bonds. The zero-order valence-electron chi connectivity index (χ0n) is 11.8. The standard InChI is InChI=1S/C15H14F3NO3/c1-19-12-4-2-8(14(20)21)6-10(12)11-7-9(3-5-13(11)19)22-15(16,17)18/h3,5,7-8H,2,4,6H2,1H3,(H,20,21). The highest BCUT2D eigenvalue weighted by Crippen LogP contribution is 2.36. The summed E-state index contributed by atoms with van der Waals surface area (Å²) in [6, 6.07) is 4.19. The zero-order valence-corrected chi connectivity index (χ0v) is 11.8. The monoisotopic (exact) mass is 313 g/mol. The van der Waals surface area contributed by atoms with Gasteiger partial charge in [0.25, 0.3) is 0 Å². The van der Waals surface area contributed by atoms with Crippen LogP contribution in [0.15, 0.2) is 18.2 Å². The maximum absolute atomic E-state index is 12.3. The predicted molar refractivity (Wildman–Crippen MR) is 72.8 cm³/mol. The number of hydrogen-bond acceptors (Lipinski definition) is 2. The van der Waals surface area contributed by atoms with Gasteiger partial charge in [-0.25, -0.2) is 0 Å². The first-order valence-electron chi connectivity index (χ1n) is 6.85. The highest BCUT2D eigenvalue weighted by atomic mass is 19.4. The van der Waals surface area contributed by atoms with E-state index >= 15 is 0 Å². The molecule has 1 aromatic heterocycles. The molecule has 118 valence electrons. The molecule has 1 aromatic carbocycles. The third-order valence-corrected chi connectivity index (χ3v) is 4.17. The summed E-state index contributed by atoms with van der Waals surface area (Å²) >= 11 is 0. The van der Waals surface area contributed by atoms with Crippen LogP contribution in [0.5, 0.6) is 5.75 Å². The number of carboxylic acids is 1. The summed E-state index contributed by atoms with van der Waals surface area (Å²) in [4.78, 5) is 11.2. The highest BCUT2D eigenvalue weighted by Gasteiger charge is 2.32. The number of alkyl halides is 3. The number of rotatable bonds is 2. The molecule has 0 fully saturated rings. The third kappa shape index (κ3) is 2.51. The van der Waals surface area contributed by atoms with Crippen LogP contribution in [0.4, 0.5) is 13.2 Å². The van der Waals surface area contributed by atoms with E-state index in [-0.39, 0.29) is 5.75 Å². The molecular weight excluding hydrogens is 299 g/mol. The molecule has 1 aliphatic carbocycles. The third-order valence-electron chi connectivity index (χ3n) is 4.17. The van der Waals surface area contributed by atoms with Crippen LogP contribution >= 0.6 is 0 Å². The number of carboxylic acid groups (broad SMARTS) is 1. The summed E-state index contributed by atoms with van der Waals surface area (Å²) < 4.78 is 42.9. The van der Waals surface area contributed by atoms with Crippen LogP contribution in [0.2, 0.25) is 0 Å². The molecule has 4 nitrogen and oxygen atoms in total. The van der Waals surface area contributed by atoms with Crippen molar-refractivity contribution < 1.29 is 27.8 Å². The van der Waals surface area contributed by atoms with Gasteiger partial charge in [-0.05, 0) is 43.0 Å². The van der Waals surface area contributed by atoms with Gasteiger partial charge in [-0.2, -0.15) is 0 Å². The van der Waals surface area contributed by atoms with E-state index in [0.29, 0.717) is 24.6 Å². The van der Waals surface area contributed by atoms with Crippen molar-refractivity contribution in [3.05, 3.63) is 29.5 Å². The number of aryl methyl sites for hydroxylation is 1. The summed E-state index contributed by atoms with van der Waals surface area (Å²) in [6.07, 6.45) is -3.27. The number of nitrogens with zero attached hydrogens (tertiary/aromatic N) is 1. The number of aromatic nitrogens is 1. The van der Waals surface area contributed by atoms with Crippen LogP contribution in [0, 0.1) is 5.92 Å². The summed E-state index contributed by atoms with van der Waals surface area (Å²) in [6.45, 7) is 0. The highest BCUT2D eigenvalue weighted by molar-refractivity contribution is 5.88. The lowest BCUT2D eigenvalue weighted by molar-refractivity contribution is -0.274. The Balaban J connectivity index is 2.08. The molecular formula is C15H14F3NO3. The van der Waals surface area contributed by atoms with Gasteiger partial charge in [0, 0.05) is 23.6 Å². The molecule has 1 heterocycles. The molecule has 22 heavy (non-hydrogen) atoms. The van der Waals surface area contributed by atoms with E-state index in [1.54, 1.807) is 6.07 Å². The van der Waals surface area contributed by atoms with E-state index in [2.05, 4.69) is 4.74 Å². The molecule has 0 saturated heterocycles.